The third kappa shape index (κ3) is 6.39. The number of carbonyl (C=O) groups excluding carboxylic acids is 2. The molecule has 12 nitrogen and oxygen atoms in total. The summed E-state index contributed by atoms with van der Waals surface area (Å²) in [6.07, 6.45) is 7.09. The molecule has 0 fully saturated rings. The summed E-state index contributed by atoms with van der Waals surface area (Å²) >= 11 is 2.89. The van der Waals surface area contributed by atoms with E-state index in [1.54, 1.807) is 43.6 Å². The van der Waals surface area contributed by atoms with E-state index in [4.69, 9.17) is 10.5 Å². The first-order valence-electron chi connectivity index (χ1n) is 9.77. The molecule has 14 heteroatoms. The van der Waals surface area contributed by atoms with Gasteiger partial charge in [0, 0.05) is 18.5 Å². The van der Waals surface area contributed by atoms with Crippen molar-refractivity contribution in [2.75, 3.05) is 19.1 Å². The van der Waals surface area contributed by atoms with E-state index in [-0.39, 0.29) is 5.69 Å². The molecule has 0 saturated carbocycles. The smallest absolute Gasteiger partial charge is 0.356 e. The number of nitrogens with one attached hydrogen (secondary N) is 2. The summed E-state index contributed by atoms with van der Waals surface area (Å²) < 4.78 is 4.87. The summed E-state index contributed by atoms with van der Waals surface area (Å²) in [5.74, 6) is -0.965. The van der Waals surface area contributed by atoms with Crippen molar-refractivity contribution in [1.82, 2.24) is 40.3 Å². The molecule has 4 aromatic heterocycles. The number of carbonyl (C=O) groups is 2. The number of amides is 1. The molecule has 0 aliphatic heterocycles. The van der Waals surface area contributed by atoms with Gasteiger partial charge in [-0.05, 0) is 37.6 Å². The molecule has 4 aromatic rings. The summed E-state index contributed by atoms with van der Waals surface area (Å²) in [5.41, 5.74) is 8.19. The molecular weight excluding hydrogens is 478 g/mol. The van der Waals surface area contributed by atoms with Gasteiger partial charge in [0.05, 0.1) is 18.0 Å². The molecule has 0 aromatic carbocycles. The minimum atomic E-state index is -0.544. The third-order valence-electron chi connectivity index (χ3n) is 4.07. The first-order valence-corrected chi connectivity index (χ1v) is 12.2. The third-order valence-corrected chi connectivity index (χ3v) is 5.20. The number of primary amides is 1. The maximum atomic E-state index is 11.5. The first-order chi connectivity index (χ1) is 16.4. The van der Waals surface area contributed by atoms with E-state index in [1.165, 1.54) is 23.5 Å². The quantitative estimate of drug-likeness (QED) is 0.193. The number of thioether (sulfide) groups is 2. The second-order valence-corrected chi connectivity index (χ2v) is 7.82. The van der Waals surface area contributed by atoms with Crippen LogP contribution in [0.1, 0.15) is 27.9 Å². The molecule has 4 N–H and O–H groups in total. The standard InChI is InChI=1S/C11H12N4O2S.C9H9N5OS/c1-3-17-10(16)9-6-8(14-15-9)7-4-5-12-11(13-7)18-2;1-16-9-11-3-2-5(12-9)6-4-7(8(10)15)14-13-6/h4-6H,3H2,1-2H3,(H,14,15);2-4H,1H3,(H2,10,15)(H,13,14). The molecule has 4 rings (SSSR count). The van der Waals surface area contributed by atoms with Crippen LogP contribution in [0.4, 0.5) is 0 Å². The van der Waals surface area contributed by atoms with Crippen LogP contribution in [0.5, 0.6) is 0 Å². The lowest BCUT2D eigenvalue weighted by Gasteiger charge is -1.97. The SMILES string of the molecule is CCOC(=O)c1cc(-c2ccnc(SC)n2)n[nH]1.CSc1nccc(-c2cc(C(N)=O)[nH]n2)n1. The minimum Gasteiger partial charge on any atom is -0.461 e. The zero-order valence-electron chi connectivity index (χ0n) is 18.5. The fraction of sp³-hybridized carbons (Fsp3) is 0.200. The van der Waals surface area contributed by atoms with E-state index in [1.807, 2.05) is 12.5 Å². The minimum absolute atomic E-state index is 0.263. The predicted molar refractivity (Wildman–Crippen MR) is 127 cm³/mol. The van der Waals surface area contributed by atoms with Crippen molar-refractivity contribution in [2.45, 2.75) is 17.2 Å². The first kappa shape index (κ1) is 24.9. The Hall–Kier alpha value is -3.78. The lowest BCUT2D eigenvalue weighted by molar-refractivity contribution is 0.0519. The van der Waals surface area contributed by atoms with Gasteiger partial charge in [-0.15, -0.1) is 0 Å². The van der Waals surface area contributed by atoms with Crippen molar-refractivity contribution in [3.05, 3.63) is 48.0 Å². The number of hydrogen-bond donors (Lipinski definition) is 3. The van der Waals surface area contributed by atoms with E-state index in [0.717, 1.165) is 0 Å². The number of hydrogen-bond acceptors (Lipinski definition) is 11. The molecule has 0 spiro atoms. The monoisotopic (exact) mass is 499 g/mol. The van der Waals surface area contributed by atoms with Crippen LogP contribution in [0.3, 0.4) is 0 Å². The maximum absolute atomic E-state index is 11.5. The van der Waals surface area contributed by atoms with Crippen LogP contribution >= 0.6 is 23.5 Å². The lowest BCUT2D eigenvalue weighted by atomic mass is 10.3. The van der Waals surface area contributed by atoms with Crippen LogP contribution < -0.4 is 5.73 Å². The Bertz CT molecular complexity index is 1280. The van der Waals surface area contributed by atoms with Crippen LogP contribution in [0.25, 0.3) is 22.8 Å². The van der Waals surface area contributed by atoms with Crippen molar-refractivity contribution in [1.29, 1.82) is 0 Å². The van der Waals surface area contributed by atoms with Gasteiger partial charge in [0.25, 0.3) is 5.91 Å². The van der Waals surface area contributed by atoms with Gasteiger partial charge in [0.15, 0.2) is 10.3 Å². The van der Waals surface area contributed by atoms with Crippen molar-refractivity contribution in [3.63, 3.8) is 0 Å². The number of esters is 1. The molecule has 0 unspecified atom stereocenters. The van der Waals surface area contributed by atoms with Crippen LogP contribution in [-0.4, -0.2) is 71.3 Å². The Morgan fingerprint density at radius 1 is 0.882 bits per heavy atom. The molecule has 1 amide bonds. The average Bonchev–Trinajstić information content (AvgIpc) is 3.55. The number of nitrogens with two attached hydrogens (primary N) is 1. The fourth-order valence-corrected chi connectivity index (χ4v) is 3.22. The van der Waals surface area contributed by atoms with Crippen LogP contribution in [0, 0.1) is 0 Å². The Balaban J connectivity index is 0.000000192. The summed E-state index contributed by atoms with van der Waals surface area (Å²) in [6.45, 7) is 2.08. The van der Waals surface area contributed by atoms with Gasteiger partial charge in [0.2, 0.25) is 0 Å². The molecule has 0 aliphatic carbocycles. The number of nitrogens with zero attached hydrogens (tertiary/aromatic N) is 6. The van der Waals surface area contributed by atoms with Gasteiger partial charge in [0.1, 0.15) is 22.8 Å². The normalized spacial score (nSPS) is 10.3. The highest BCUT2D eigenvalue weighted by atomic mass is 32.2. The second kappa shape index (κ2) is 11.9. The summed E-state index contributed by atoms with van der Waals surface area (Å²) in [5, 5.41) is 14.5. The van der Waals surface area contributed by atoms with Crippen LogP contribution in [0.15, 0.2) is 47.0 Å². The molecular formula is C20H21N9O3S2. The molecule has 0 atom stereocenters. The van der Waals surface area contributed by atoms with E-state index in [2.05, 4.69) is 40.3 Å². The highest BCUT2D eigenvalue weighted by Crippen LogP contribution is 2.18. The highest BCUT2D eigenvalue weighted by Gasteiger charge is 2.13. The molecule has 0 aliphatic rings. The molecule has 0 radical (unpaired) electrons. The number of aromatic amines is 2. The van der Waals surface area contributed by atoms with Gasteiger partial charge in [-0.25, -0.2) is 24.7 Å². The van der Waals surface area contributed by atoms with Crippen molar-refractivity contribution in [3.8, 4) is 22.8 Å². The van der Waals surface area contributed by atoms with Gasteiger partial charge < -0.3 is 10.5 Å². The van der Waals surface area contributed by atoms with E-state index in [9.17, 15) is 9.59 Å². The lowest BCUT2D eigenvalue weighted by Crippen LogP contribution is -2.10. The number of rotatable bonds is 7. The Morgan fingerprint density at radius 2 is 1.38 bits per heavy atom. The topological polar surface area (TPSA) is 178 Å². The fourth-order valence-electron chi connectivity index (χ4n) is 2.51. The molecule has 0 bridgehead atoms. The Kier molecular flexibility index (Phi) is 8.70. The van der Waals surface area contributed by atoms with E-state index >= 15 is 0 Å². The predicted octanol–water partition coefficient (Wildman–Crippen LogP) is 2.45. The maximum Gasteiger partial charge on any atom is 0.356 e. The molecule has 0 saturated heterocycles. The van der Waals surface area contributed by atoms with E-state index in [0.29, 0.717) is 45.4 Å². The Morgan fingerprint density at radius 3 is 1.82 bits per heavy atom. The van der Waals surface area contributed by atoms with Crippen molar-refractivity contribution >= 4 is 35.4 Å². The van der Waals surface area contributed by atoms with Gasteiger partial charge in [-0.2, -0.15) is 10.2 Å². The zero-order valence-corrected chi connectivity index (χ0v) is 20.1. The Labute approximate surface area is 202 Å². The van der Waals surface area contributed by atoms with Crippen LogP contribution in [-0.2, 0) is 4.74 Å². The average molecular weight is 500 g/mol. The largest absolute Gasteiger partial charge is 0.461 e. The van der Waals surface area contributed by atoms with Gasteiger partial charge in [-0.1, -0.05) is 23.5 Å². The molecule has 34 heavy (non-hydrogen) atoms. The second-order valence-electron chi connectivity index (χ2n) is 6.28. The summed E-state index contributed by atoms with van der Waals surface area (Å²) in [7, 11) is 0. The zero-order chi connectivity index (χ0) is 24.5. The van der Waals surface area contributed by atoms with Crippen molar-refractivity contribution in [2.24, 2.45) is 5.73 Å². The summed E-state index contributed by atoms with van der Waals surface area (Å²) in [6, 6.07) is 6.64. The molecule has 176 valence electrons. The van der Waals surface area contributed by atoms with E-state index < -0.39 is 11.9 Å². The number of aromatic nitrogens is 8. The molecule has 4 heterocycles. The number of ether oxygens (including phenoxy) is 1. The van der Waals surface area contributed by atoms with Gasteiger partial charge in [-0.3, -0.25) is 15.0 Å². The van der Waals surface area contributed by atoms with Crippen molar-refractivity contribution < 1.29 is 14.3 Å². The highest BCUT2D eigenvalue weighted by molar-refractivity contribution is 7.98. The summed E-state index contributed by atoms with van der Waals surface area (Å²) in [4.78, 5) is 39.0. The van der Waals surface area contributed by atoms with Gasteiger partial charge >= 0.3 is 5.97 Å². The van der Waals surface area contributed by atoms with Crippen LogP contribution in [0.2, 0.25) is 0 Å². The number of H-pyrrole nitrogens is 2.